The number of hydrogen-bond acceptors (Lipinski definition) is 6. The average molecular weight is 415 g/mol. The molecule has 0 aliphatic rings. The van der Waals surface area contributed by atoms with Crippen molar-refractivity contribution in [3.63, 3.8) is 0 Å². The van der Waals surface area contributed by atoms with Gasteiger partial charge in [-0.05, 0) is 76.9 Å². The molecule has 0 fully saturated rings. The molecule has 8 heteroatoms. The van der Waals surface area contributed by atoms with Crippen molar-refractivity contribution in [1.29, 1.82) is 5.26 Å². The van der Waals surface area contributed by atoms with Crippen LogP contribution in [0.25, 0.3) is 10.9 Å². The molecule has 0 radical (unpaired) electrons. The molecule has 0 bridgehead atoms. The Morgan fingerprint density at radius 3 is 2.62 bits per heavy atom. The number of nitrogens with zero attached hydrogens (tertiary/aromatic N) is 3. The first-order chi connectivity index (χ1) is 14.0. The Labute approximate surface area is 178 Å². The number of pyridine rings is 1. The molecule has 0 saturated carbocycles. The van der Waals surface area contributed by atoms with Crippen LogP contribution < -0.4 is 20.7 Å². The minimum atomic E-state index is 0.525. The Bertz CT molecular complexity index is 849. The highest BCUT2D eigenvalue weighted by Crippen LogP contribution is 2.24. The van der Waals surface area contributed by atoms with Crippen LogP contribution in [0.2, 0.25) is 0 Å². The lowest BCUT2D eigenvalue weighted by Gasteiger charge is -2.13. The molecule has 0 amide bonds. The number of nitrogens with one attached hydrogen (secondary N) is 3. The number of aromatic nitrogens is 1. The van der Waals surface area contributed by atoms with Crippen LogP contribution in [0.5, 0.6) is 5.75 Å². The Balaban J connectivity index is 1.79. The number of rotatable bonds is 11. The quantitative estimate of drug-likeness (QED) is 0.382. The van der Waals surface area contributed by atoms with Crippen LogP contribution in [0.1, 0.15) is 25.3 Å². The number of benzene rings is 1. The standard InChI is InChI=1S/C21H30N6OS/c1-4-28-18-7-8-19-16(14-18)13-17(15-22)20(26-19)23-9-5-10-24-21(29)25-11-6-12-27(2)3/h7-8,13-14H,4-6,9-12H2,1-3H3,(H,23,26)(H2,24,25,29). The second-order valence-corrected chi connectivity index (χ2v) is 7.31. The molecule has 1 aromatic heterocycles. The molecule has 7 nitrogen and oxygen atoms in total. The van der Waals surface area contributed by atoms with Crippen molar-refractivity contribution >= 4 is 34.1 Å². The maximum atomic E-state index is 9.46. The minimum Gasteiger partial charge on any atom is -0.494 e. The van der Waals surface area contributed by atoms with Gasteiger partial charge in [-0.2, -0.15) is 5.26 Å². The van der Waals surface area contributed by atoms with Crippen molar-refractivity contribution in [2.45, 2.75) is 19.8 Å². The molecule has 29 heavy (non-hydrogen) atoms. The third kappa shape index (κ3) is 7.72. The fourth-order valence-corrected chi connectivity index (χ4v) is 2.99. The van der Waals surface area contributed by atoms with E-state index in [1.165, 1.54) is 0 Å². The highest BCUT2D eigenvalue weighted by Gasteiger charge is 2.07. The molecule has 0 spiro atoms. The summed E-state index contributed by atoms with van der Waals surface area (Å²) in [6.45, 7) is 5.89. The van der Waals surface area contributed by atoms with Gasteiger partial charge < -0.3 is 25.6 Å². The molecular weight excluding hydrogens is 384 g/mol. The Kier molecular flexibility index (Phi) is 9.41. The van der Waals surface area contributed by atoms with Gasteiger partial charge in [-0.1, -0.05) is 0 Å². The molecule has 1 heterocycles. The molecule has 0 aliphatic heterocycles. The fraction of sp³-hybridized carbons (Fsp3) is 0.476. The van der Waals surface area contributed by atoms with Gasteiger partial charge >= 0.3 is 0 Å². The summed E-state index contributed by atoms with van der Waals surface area (Å²) in [5.74, 6) is 1.39. The monoisotopic (exact) mass is 414 g/mol. The van der Waals surface area contributed by atoms with Gasteiger partial charge in [0.15, 0.2) is 5.11 Å². The van der Waals surface area contributed by atoms with Gasteiger partial charge in [0.1, 0.15) is 17.6 Å². The van der Waals surface area contributed by atoms with E-state index in [0.717, 1.165) is 49.1 Å². The summed E-state index contributed by atoms with van der Waals surface area (Å²) in [7, 11) is 4.12. The maximum Gasteiger partial charge on any atom is 0.166 e. The van der Waals surface area contributed by atoms with Crippen molar-refractivity contribution in [2.24, 2.45) is 0 Å². The van der Waals surface area contributed by atoms with Crippen molar-refractivity contribution in [3.8, 4) is 11.8 Å². The Morgan fingerprint density at radius 2 is 1.93 bits per heavy atom. The third-order valence-corrected chi connectivity index (χ3v) is 4.51. The van der Waals surface area contributed by atoms with Gasteiger partial charge in [0.25, 0.3) is 0 Å². The first kappa shape index (κ1) is 22.7. The SMILES string of the molecule is CCOc1ccc2nc(NCCCNC(=S)NCCCN(C)C)c(C#N)cc2c1. The first-order valence-electron chi connectivity index (χ1n) is 9.91. The van der Waals surface area contributed by atoms with Crippen molar-refractivity contribution in [3.05, 3.63) is 29.8 Å². The Morgan fingerprint density at radius 1 is 1.17 bits per heavy atom. The normalized spacial score (nSPS) is 10.6. The minimum absolute atomic E-state index is 0.525. The van der Waals surface area contributed by atoms with Crippen molar-refractivity contribution < 1.29 is 4.74 Å². The topological polar surface area (TPSA) is 85.2 Å². The van der Waals surface area contributed by atoms with Crippen LogP contribution >= 0.6 is 12.2 Å². The number of anilines is 1. The predicted octanol–water partition coefficient (Wildman–Crippen LogP) is 2.72. The Hall–Kier alpha value is -2.63. The second-order valence-electron chi connectivity index (χ2n) is 6.90. The number of nitriles is 1. The van der Waals surface area contributed by atoms with Gasteiger partial charge in [0.05, 0.1) is 17.7 Å². The highest BCUT2D eigenvalue weighted by atomic mass is 32.1. The fourth-order valence-electron chi connectivity index (χ4n) is 2.79. The number of ether oxygens (including phenoxy) is 1. The zero-order chi connectivity index (χ0) is 21.1. The molecule has 3 N–H and O–H groups in total. The predicted molar refractivity (Wildman–Crippen MR) is 123 cm³/mol. The maximum absolute atomic E-state index is 9.46. The summed E-state index contributed by atoms with van der Waals surface area (Å²) in [6, 6.07) is 9.78. The molecule has 0 unspecified atom stereocenters. The zero-order valence-corrected chi connectivity index (χ0v) is 18.2. The highest BCUT2D eigenvalue weighted by molar-refractivity contribution is 7.80. The van der Waals surface area contributed by atoms with Gasteiger partial charge in [0, 0.05) is 25.0 Å². The van der Waals surface area contributed by atoms with E-state index < -0.39 is 0 Å². The van der Waals surface area contributed by atoms with E-state index in [4.69, 9.17) is 17.0 Å². The smallest absolute Gasteiger partial charge is 0.166 e. The molecule has 0 atom stereocenters. The molecule has 0 saturated heterocycles. The molecule has 2 rings (SSSR count). The summed E-state index contributed by atoms with van der Waals surface area (Å²) in [6.07, 6.45) is 1.90. The van der Waals surface area contributed by atoms with Crippen LogP contribution in [0.15, 0.2) is 24.3 Å². The summed E-state index contributed by atoms with van der Waals surface area (Å²) in [5, 5.41) is 20.7. The van der Waals surface area contributed by atoms with E-state index in [2.05, 4.69) is 46.0 Å². The van der Waals surface area contributed by atoms with Crippen LogP contribution in [-0.2, 0) is 0 Å². The zero-order valence-electron chi connectivity index (χ0n) is 17.4. The largest absolute Gasteiger partial charge is 0.494 e. The lowest BCUT2D eigenvalue weighted by molar-refractivity contribution is 0.340. The average Bonchev–Trinajstić information content (AvgIpc) is 2.70. The van der Waals surface area contributed by atoms with Gasteiger partial charge in [-0.3, -0.25) is 0 Å². The van der Waals surface area contributed by atoms with Gasteiger partial charge in [0.2, 0.25) is 0 Å². The lowest BCUT2D eigenvalue weighted by atomic mass is 10.1. The van der Waals surface area contributed by atoms with Crippen LogP contribution in [-0.4, -0.2) is 61.9 Å². The summed E-state index contributed by atoms with van der Waals surface area (Å²) >= 11 is 5.28. The molecule has 0 aliphatic carbocycles. The van der Waals surface area contributed by atoms with Crippen LogP contribution in [0, 0.1) is 11.3 Å². The summed E-state index contributed by atoms with van der Waals surface area (Å²) in [4.78, 5) is 6.74. The summed E-state index contributed by atoms with van der Waals surface area (Å²) in [5.41, 5.74) is 1.35. The van der Waals surface area contributed by atoms with Gasteiger partial charge in [-0.15, -0.1) is 0 Å². The second kappa shape index (κ2) is 12.0. The number of fused-ring (bicyclic) bond motifs is 1. The third-order valence-electron chi connectivity index (χ3n) is 4.22. The summed E-state index contributed by atoms with van der Waals surface area (Å²) < 4.78 is 5.52. The number of hydrogen-bond donors (Lipinski definition) is 3. The molecule has 156 valence electrons. The van der Waals surface area contributed by atoms with Crippen molar-refractivity contribution in [2.75, 3.05) is 52.2 Å². The van der Waals surface area contributed by atoms with Gasteiger partial charge in [-0.25, -0.2) is 4.98 Å². The lowest BCUT2D eigenvalue weighted by Crippen LogP contribution is -2.37. The number of thiocarbonyl (C=S) groups is 1. The van der Waals surface area contributed by atoms with Crippen LogP contribution in [0.4, 0.5) is 5.82 Å². The van der Waals surface area contributed by atoms with E-state index in [1.807, 2.05) is 31.2 Å². The molecule has 2 aromatic rings. The first-order valence-corrected chi connectivity index (χ1v) is 10.3. The van der Waals surface area contributed by atoms with E-state index >= 15 is 0 Å². The van der Waals surface area contributed by atoms with E-state index in [-0.39, 0.29) is 0 Å². The van der Waals surface area contributed by atoms with Crippen LogP contribution in [0.3, 0.4) is 0 Å². The van der Waals surface area contributed by atoms with Crippen molar-refractivity contribution in [1.82, 2.24) is 20.5 Å². The van der Waals surface area contributed by atoms with E-state index in [9.17, 15) is 5.26 Å². The van der Waals surface area contributed by atoms with E-state index in [1.54, 1.807) is 0 Å². The molecule has 1 aromatic carbocycles. The molecular formula is C21H30N6OS. The van der Waals surface area contributed by atoms with E-state index in [0.29, 0.717) is 29.6 Å².